The molecular weight excluding hydrogens is 549 g/mol. The summed E-state index contributed by atoms with van der Waals surface area (Å²) in [4.78, 5) is 28.0. The van der Waals surface area contributed by atoms with E-state index in [0.29, 0.717) is 29.7 Å². The number of aromatic nitrogens is 2. The third-order valence-electron chi connectivity index (χ3n) is 6.95. The molecule has 1 aliphatic rings. The van der Waals surface area contributed by atoms with Gasteiger partial charge in [0.25, 0.3) is 0 Å². The molecule has 7 nitrogen and oxygen atoms in total. The lowest BCUT2D eigenvalue weighted by Gasteiger charge is -2.26. The van der Waals surface area contributed by atoms with Crippen LogP contribution in [0.2, 0.25) is 5.02 Å². The summed E-state index contributed by atoms with van der Waals surface area (Å²) >= 11 is 8.11. The number of ether oxygens (including phenoxy) is 1. The van der Waals surface area contributed by atoms with Gasteiger partial charge >= 0.3 is 0 Å². The Hall–Kier alpha value is -3.53. The van der Waals surface area contributed by atoms with E-state index in [4.69, 9.17) is 16.3 Å². The smallest absolute Gasteiger partial charge is 0.246 e. The van der Waals surface area contributed by atoms with Gasteiger partial charge in [0.1, 0.15) is 35.1 Å². The molecule has 2 aromatic heterocycles. The first kappa shape index (κ1) is 28.0. The lowest BCUT2D eigenvalue weighted by molar-refractivity contribution is -0.126. The van der Waals surface area contributed by atoms with E-state index in [0.717, 1.165) is 52.4 Å². The predicted molar refractivity (Wildman–Crippen MR) is 159 cm³/mol. The maximum absolute atomic E-state index is 13.5. The number of rotatable bonds is 10. The van der Waals surface area contributed by atoms with E-state index in [2.05, 4.69) is 34.0 Å². The minimum atomic E-state index is -0.305. The second-order valence-electron chi connectivity index (χ2n) is 9.49. The molecule has 0 saturated carbocycles. The van der Waals surface area contributed by atoms with Crippen LogP contribution in [0.25, 0.3) is 10.2 Å². The number of nitrogens with zero attached hydrogens (tertiary/aromatic N) is 4. The molecule has 3 heterocycles. The van der Waals surface area contributed by atoms with E-state index >= 15 is 0 Å². The Labute approximate surface area is 242 Å². The molecule has 40 heavy (non-hydrogen) atoms. The van der Waals surface area contributed by atoms with E-state index in [1.807, 2.05) is 17.0 Å². The van der Waals surface area contributed by atoms with Gasteiger partial charge in [0.15, 0.2) is 0 Å². The van der Waals surface area contributed by atoms with E-state index < -0.39 is 0 Å². The summed E-state index contributed by atoms with van der Waals surface area (Å²) in [6, 6.07) is 11.7. The van der Waals surface area contributed by atoms with E-state index in [1.165, 1.54) is 17.7 Å². The molecule has 4 aromatic rings. The van der Waals surface area contributed by atoms with Crippen LogP contribution in [0.3, 0.4) is 0 Å². The van der Waals surface area contributed by atoms with Crippen LogP contribution in [0.15, 0.2) is 60.9 Å². The van der Waals surface area contributed by atoms with Crippen LogP contribution in [0.1, 0.15) is 29.9 Å². The van der Waals surface area contributed by atoms with Crippen LogP contribution in [0.4, 0.5) is 15.9 Å². The number of anilines is 2. The topological polar surface area (TPSA) is 70.6 Å². The van der Waals surface area contributed by atoms with Gasteiger partial charge in [-0.1, -0.05) is 43.7 Å². The van der Waals surface area contributed by atoms with Crippen molar-refractivity contribution in [3.05, 3.63) is 87.8 Å². The fourth-order valence-corrected chi connectivity index (χ4v) is 6.16. The Balaban J connectivity index is 1.28. The van der Waals surface area contributed by atoms with Gasteiger partial charge < -0.3 is 19.9 Å². The third kappa shape index (κ3) is 6.43. The van der Waals surface area contributed by atoms with Gasteiger partial charge in [-0.2, -0.15) is 0 Å². The molecule has 0 aliphatic carbocycles. The number of thiophene rings is 1. The third-order valence-corrected chi connectivity index (χ3v) is 8.37. The molecule has 0 spiro atoms. The van der Waals surface area contributed by atoms with Gasteiger partial charge in [-0.3, -0.25) is 4.79 Å². The zero-order valence-corrected chi connectivity index (χ0v) is 24.1. The van der Waals surface area contributed by atoms with Crippen LogP contribution < -0.4 is 10.1 Å². The molecule has 1 N–H and O–H groups in total. The number of carbonyl (C=O) groups is 1. The lowest BCUT2D eigenvalue weighted by Crippen LogP contribution is -2.34. The van der Waals surface area contributed by atoms with Crippen molar-refractivity contribution in [2.45, 2.75) is 33.4 Å². The van der Waals surface area contributed by atoms with Crippen molar-refractivity contribution in [3.63, 3.8) is 0 Å². The molecule has 0 saturated heterocycles. The monoisotopic (exact) mass is 579 g/mol. The lowest BCUT2D eigenvalue weighted by atomic mass is 10.0. The summed E-state index contributed by atoms with van der Waals surface area (Å²) in [6.45, 7) is 8.35. The predicted octanol–water partition coefficient (Wildman–Crippen LogP) is 6.59. The van der Waals surface area contributed by atoms with Gasteiger partial charge in [0.05, 0.1) is 17.0 Å². The zero-order valence-electron chi connectivity index (χ0n) is 22.5. The Bertz CT molecular complexity index is 1540. The highest BCUT2D eigenvalue weighted by Gasteiger charge is 2.25. The Morgan fingerprint density at radius 1 is 1.23 bits per heavy atom. The summed E-state index contributed by atoms with van der Waals surface area (Å²) < 4.78 is 19.3. The minimum Gasteiger partial charge on any atom is -0.487 e. The molecule has 0 atom stereocenters. The molecule has 0 radical (unpaired) electrons. The normalized spacial score (nSPS) is 13.3. The Kier molecular flexibility index (Phi) is 8.94. The van der Waals surface area contributed by atoms with Gasteiger partial charge in [-0.05, 0) is 61.0 Å². The van der Waals surface area contributed by atoms with Crippen LogP contribution >= 0.6 is 22.9 Å². The van der Waals surface area contributed by atoms with Crippen molar-refractivity contribution in [3.8, 4) is 5.75 Å². The molecule has 1 amide bonds. The Morgan fingerprint density at radius 3 is 2.85 bits per heavy atom. The molecular formula is C30H31ClFN5O2S. The van der Waals surface area contributed by atoms with Crippen LogP contribution in [0, 0.1) is 5.82 Å². The van der Waals surface area contributed by atoms with Crippen LogP contribution in [-0.2, 0) is 24.4 Å². The van der Waals surface area contributed by atoms with Crippen molar-refractivity contribution in [1.29, 1.82) is 0 Å². The second-order valence-corrected chi connectivity index (χ2v) is 11.0. The zero-order chi connectivity index (χ0) is 28.1. The number of amides is 1. The highest BCUT2D eigenvalue weighted by Crippen LogP contribution is 2.39. The van der Waals surface area contributed by atoms with Gasteiger partial charge in [0.2, 0.25) is 5.91 Å². The molecule has 1 aliphatic heterocycles. The number of fused-ring (bicyclic) bond motifs is 3. The maximum Gasteiger partial charge on any atom is 0.246 e. The highest BCUT2D eigenvalue weighted by molar-refractivity contribution is 7.19. The maximum atomic E-state index is 13.5. The largest absolute Gasteiger partial charge is 0.487 e. The fourth-order valence-electron chi connectivity index (χ4n) is 4.72. The summed E-state index contributed by atoms with van der Waals surface area (Å²) in [7, 11) is 0. The number of benzene rings is 2. The quantitative estimate of drug-likeness (QED) is 0.214. The van der Waals surface area contributed by atoms with Crippen molar-refractivity contribution in [2.24, 2.45) is 0 Å². The average molecular weight is 580 g/mol. The van der Waals surface area contributed by atoms with Crippen LogP contribution in [-0.4, -0.2) is 51.9 Å². The first-order valence-electron chi connectivity index (χ1n) is 13.3. The van der Waals surface area contributed by atoms with E-state index in [1.54, 1.807) is 48.0 Å². The van der Waals surface area contributed by atoms with Gasteiger partial charge in [-0.25, -0.2) is 14.4 Å². The van der Waals surface area contributed by atoms with Crippen molar-refractivity contribution in [2.75, 3.05) is 31.5 Å². The highest BCUT2D eigenvalue weighted by atomic mass is 35.5. The molecule has 0 bridgehead atoms. The Morgan fingerprint density at radius 2 is 2.08 bits per heavy atom. The average Bonchev–Trinajstić information content (AvgIpc) is 3.34. The molecule has 0 fully saturated rings. The van der Waals surface area contributed by atoms with E-state index in [9.17, 15) is 9.18 Å². The molecule has 208 valence electrons. The second kappa shape index (κ2) is 12.8. The first-order chi connectivity index (χ1) is 19.4. The molecule has 0 unspecified atom stereocenters. The van der Waals surface area contributed by atoms with Gasteiger partial charge in [0, 0.05) is 29.7 Å². The van der Waals surface area contributed by atoms with Crippen LogP contribution in [0.5, 0.6) is 5.75 Å². The SMILES string of the molecule is CCN(CC)C/C=C/C(=O)N1CCc2c(sc3ncnc(Nc4ccc(OCc5cccc(F)c5)c(Cl)c4)c23)C1. The van der Waals surface area contributed by atoms with Crippen molar-refractivity contribution in [1.82, 2.24) is 19.8 Å². The summed E-state index contributed by atoms with van der Waals surface area (Å²) in [5, 5.41) is 4.80. The number of hydrogen-bond acceptors (Lipinski definition) is 7. The summed E-state index contributed by atoms with van der Waals surface area (Å²) in [5.41, 5.74) is 2.66. The standard InChI is InChI=1S/C30H31ClFN5O2S/c1-3-36(4-2)13-6-9-27(38)37-14-12-23-26(17-37)40-30-28(23)29(33-19-34-30)35-22-10-11-25(24(31)16-22)39-18-20-7-5-8-21(32)15-20/h5-11,15-16,19H,3-4,12-14,17-18H2,1-2H3,(H,33,34,35)/b9-6+. The first-order valence-corrected chi connectivity index (χ1v) is 14.5. The van der Waals surface area contributed by atoms with Crippen molar-refractivity contribution < 1.29 is 13.9 Å². The number of carbonyl (C=O) groups excluding carboxylic acids is 1. The molecule has 2 aromatic carbocycles. The number of nitrogens with one attached hydrogen (secondary N) is 1. The number of hydrogen-bond donors (Lipinski definition) is 1. The summed E-state index contributed by atoms with van der Waals surface area (Å²) in [6.07, 6.45) is 5.93. The fraction of sp³-hybridized carbons (Fsp3) is 0.300. The molecule has 10 heteroatoms. The summed E-state index contributed by atoms with van der Waals surface area (Å²) in [5.74, 6) is 0.939. The van der Waals surface area contributed by atoms with E-state index in [-0.39, 0.29) is 18.3 Å². The van der Waals surface area contributed by atoms with Gasteiger partial charge in [-0.15, -0.1) is 11.3 Å². The number of likely N-dealkylation sites (N-methyl/N-ethyl adjacent to an activating group) is 1. The molecule has 5 rings (SSSR count). The van der Waals surface area contributed by atoms with Crippen molar-refractivity contribution >= 4 is 50.6 Å². The minimum absolute atomic E-state index is 0.0362. The number of halogens is 2.